The van der Waals surface area contributed by atoms with Gasteiger partial charge in [0.25, 0.3) is 5.56 Å². The fourth-order valence-electron chi connectivity index (χ4n) is 7.17. The Morgan fingerprint density at radius 2 is 1.41 bits per heavy atom. The van der Waals surface area contributed by atoms with Gasteiger partial charge in [-0.3, -0.25) is 19.3 Å². The van der Waals surface area contributed by atoms with Crippen molar-refractivity contribution in [3.05, 3.63) is 135 Å². The van der Waals surface area contributed by atoms with Gasteiger partial charge in [0.05, 0.1) is 29.6 Å². The van der Waals surface area contributed by atoms with Gasteiger partial charge in [0, 0.05) is 32.1 Å². The van der Waals surface area contributed by atoms with Crippen LogP contribution in [0.5, 0.6) is 0 Å². The number of alkyl halides is 3. The molecule has 4 N–H and O–H groups in total. The number of carbonyl (C=O) groups excluding carboxylic acids is 2. The van der Waals surface area contributed by atoms with Crippen molar-refractivity contribution in [2.24, 2.45) is 0 Å². The second kappa shape index (κ2) is 21.7. The monoisotopic (exact) mass is 896 g/mol. The number of benzene rings is 4. The number of aliphatic carboxylic acids is 2. The van der Waals surface area contributed by atoms with E-state index in [1.54, 1.807) is 52.8 Å². The molecule has 0 aliphatic carbocycles. The molecule has 1 aromatic heterocycles. The van der Waals surface area contributed by atoms with E-state index in [0.717, 1.165) is 23.8 Å². The van der Waals surface area contributed by atoms with Gasteiger partial charge in [-0.1, -0.05) is 60.7 Å². The number of para-hydroxylation sites is 1. The predicted molar refractivity (Wildman–Crippen MR) is 221 cm³/mol. The highest BCUT2D eigenvalue weighted by Crippen LogP contribution is 2.31. The van der Waals surface area contributed by atoms with Gasteiger partial charge in [-0.2, -0.15) is 18.2 Å². The third-order valence-electron chi connectivity index (χ3n) is 10.5. The minimum absolute atomic E-state index is 0.0382. The number of aromatic nitrogens is 2. The van der Waals surface area contributed by atoms with Crippen LogP contribution in [0.25, 0.3) is 22.0 Å². The number of nitrogens with zero attached hydrogens (tertiary/aromatic N) is 4. The van der Waals surface area contributed by atoms with Crippen LogP contribution in [0.4, 0.5) is 22.0 Å². The minimum atomic E-state index is -4.44. The Bertz CT molecular complexity index is 2470. The molecule has 0 saturated carbocycles. The second-order valence-electron chi connectivity index (χ2n) is 14.8. The average molecular weight is 897 g/mol. The number of aliphatic hydroxyl groups excluding tert-OH is 2. The maximum Gasteiger partial charge on any atom is 0.416 e. The SMILES string of the molecule is CCOC(=O)CN1CCC(N(Cc2ccc(-c3ccc(C(F)(F)F)cc3)cc2)C(=O)Cn2c(CCc3cccc(F)c3F)nc(=O)c3ccccc32)CC1.O=C(O)C(O)C(O)C(=O)O. The molecule has 1 fully saturated rings. The highest BCUT2D eigenvalue weighted by atomic mass is 19.4. The molecule has 2 unspecified atom stereocenters. The number of halogens is 5. The number of fused-ring (bicyclic) bond motifs is 1. The molecule has 0 spiro atoms. The number of piperidine rings is 1. The predicted octanol–water partition coefficient (Wildman–Crippen LogP) is 5.08. The number of likely N-dealkylation sites (tertiary alicyclic amines) is 1. The number of amides is 1. The Labute approximate surface area is 362 Å². The van der Waals surface area contributed by atoms with Crippen molar-refractivity contribution in [3.8, 4) is 11.1 Å². The molecule has 19 heteroatoms. The molecule has 6 rings (SSSR count). The van der Waals surface area contributed by atoms with E-state index in [-0.39, 0.29) is 68.4 Å². The molecule has 4 aromatic carbocycles. The van der Waals surface area contributed by atoms with Crippen molar-refractivity contribution in [1.29, 1.82) is 0 Å². The van der Waals surface area contributed by atoms with E-state index in [1.807, 2.05) is 17.0 Å². The average Bonchev–Trinajstić information content (AvgIpc) is 3.27. The first kappa shape index (κ1) is 48.5. The Balaban J connectivity index is 0.000000688. The van der Waals surface area contributed by atoms with Crippen molar-refractivity contribution in [2.75, 3.05) is 26.2 Å². The van der Waals surface area contributed by atoms with Gasteiger partial charge in [-0.05, 0) is 78.8 Å². The maximum atomic E-state index is 14.6. The molecular formula is C45H45F5N4O10. The van der Waals surface area contributed by atoms with Crippen LogP contribution >= 0.6 is 0 Å². The first-order valence-corrected chi connectivity index (χ1v) is 20.0. The van der Waals surface area contributed by atoms with E-state index in [4.69, 9.17) is 25.2 Å². The normalized spacial score (nSPS) is 14.2. The number of carboxylic acid groups (broad SMARTS) is 2. The molecule has 64 heavy (non-hydrogen) atoms. The van der Waals surface area contributed by atoms with E-state index in [1.165, 1.54) is 24.3 Å². The summed E-state index contributed by atoms with van der Waals surface area (Å²) < 4.78 is 74.7. The van der Waals surface area contributed by atoms with Gasteiger partial charge in [-0.25, -0.2) is 18.4 Å². The van der Waals surface area contributed by atoms with Gasteiger partial charge in [0.2, 0.25) is 5.91 Å². The highest BCUT2D eigenvalue weighted by molar-refractivity contribution is 5.83. The smallest absolute Gasteiger partial charge is 0.416 e. The molecule has 2 atom stereocenters. The van der Waals surface area contributed by atoms with Crippen molar-refractivity contribution in [3.63, 3.8) is 0 Å². The molecular weight excluding hydrogens is 852 g/mol. The molecule has 1 amide bonds. The largest absolute Gasteiger partial charge is 0.479 e. The van der Waals surface area contributed by atoms with Crippen molar-refractivity contribution >= 4 is 34.7 Å². The quantitative estimate of drug-likeness (QED) is 0.0805. The minimum Gasteiger partial charge on any atom is -0.479 e. The van der Waals surface area contributed by atoms with Gasteiger partial charge in [0.1, 0.15) is 12.4 Å². The fraction of sp³-hybridized carbons (Fsp3) is 0.333. The lowest BCUT2D eigenvalue weighted by Crippen LogP contribution is -2.49. The Kier molecular flexibility index (Phi) is 16.4. The molecule has 1 saturated heterocycles. The summed E-state index contributed by atoms with van der Waals surface area (Å²) in [6.07, 6.45) is -7.73. The zero-order valence-electron chi connectivity index (χ0n) is 34.4. The molecule has 1 aliphatic rings. The maximum absolute atomic E-state index is 14.6. The summed E-state index contributed by atoms with van der Waals surface area (Å²) in [5, 5.41) is 32.8. The Hall–Kier alpha value is -6.57. The molecule has 0 bridgehead atoms. The first-order chi connectivity index (χ1) is 30.4. The van der Waals surface area contributed by atoms with E-state index in [9.17, 15) is 45.9 Å². The summed E-state index contributed by atoms with van der Waals surface area (Å²) in [6.45, 7) is 3.29. The number of carboxylic acids is 2. The zero-order valence-corrected chi connectivity index (χ0v) is 34.4. The lowest BCUT2D eigenvalue weighted by molar-refractivity contribution is -0.165. The van der Waals surface area contributed by atoms with Crippen LogP contribution in [0, 0.1) is 11.6 Å². The number of rotatable bonds is 15. The molecule has 5 aromatic rings. The molecule has 1 aliphatic heterocycles. The van der Waals surface area contributed by atoms with Gasteiger partial charge in [0.15, 0.2) is 23.8 Å². The van der Waals surface area contributed by atoms with Crippen LogP contribution in [-0.4, -0.2) is 108 Å². The third-order valence-corrected chi connectivity index (χ3v) is 10.5. The van der Waals surface area contributed by atoms with E-state index < -0.39 is 53.1 Å². The lowest BCUT2D eigenvalue weighted by atomic mass is 10.00. The van der Waals surface area contributed by atoms with E-state index in [2.05, 4.69) is 4.98 Å². The standard InChI is InChI=1S/C41H39F5N4O4.C4H6O6/c1-2-54-38(52)26-48-22-20-32(21-23-48)49(24-27-10-12-28(13-11-27)29-14-17-31(18-15-29)41(44,45)46)37(51)25-50-35-9-4-3-7-33(35)40(53)47-36(50)19-16-30-6-5-8-34(42)39(30)43;5-1(3(7)8)2(6)4(9)10/h3-15,17-18,32H,2,16,19-26H2,1H3;1-2,5-6H,(H,7,8)(H,9,10). The van der Waals surface area contributed by atoms with Gasteiger partial charge in [-0.15, -0.1) is 0 Å². The van der Waals surface area contributed by atoms with Crippen LogP contribution in [-0.2, 0) is 56.0 Å². The van der Waals surface area contributed by atoms with Crippen LogP contribution in [0.2, 0.25) is 0 Å². The van der Waals surface area contributed by atoms with E-state index >= 15 is 0 Å². The molecule has 340 valence electrons. The second-order valence-corrected chi connectivity index (χ2v) is 14.8. The lowest BCUT2D eigenvalue weighted by Gasteiger charge is -2.38. The number of esters is 1. The molecule has 14 nitrogen and oxygen atoms in total. The summed E-state index contributed by atoms with van der Waals surface area (Å²) >= 11 is 0. The van der Waals surface area contributed by atoms with Crippen molar-refractivity contribution < 1.29 is 66.3 Å². The highest BCUT2D eigenvalue weighted by Gasteiger charge is 2.32. The van der Waals surface area contributed by atoms with E-state index in [0.29, 0.717) is 48.0 Å². The summed E-state index contributed by atoms with van der Waals surface area (Å²) in [5.41, 5.74) is 1.47. The van der Waals surface area contributed by atoms with Gasteiger partial charge >= 0.3 is 24.1 Å². The van der Waals surface area contributed by atoms with Crippen LogP contribution in [0.3, 0.4) is 0 Å². The Morgan fingerprint density at radius 3 is 1.98 bits per heavy atom. The number of carbonyl (C=O) groups is 4. The van der Waals surface area contributed by atoms with Crippen LogP contribution in [0.1, 0.15) is 42.3 Å². The number of hydrogen-bond acceptors (Lipinski definition) is 10. The van der Waals surface area contributed by atoms with Crippen LogP contribution in [0.15, 0.2) is 95.8 Å². The third kappa shape index (κ3) is 12.5. The summed E-state index contributed by atoms with van der Waals surface area (Å²) in [5.74, 6) is -5.83. The fourth-order valence-corrected chi connectivity index (χ4v) is 7.17. The first-order valence-electron chi connectivity index (χ1n) is 20.0. The van der Waals surface area contributed by atoms with Crippen molar-refractivity contribution in [1.82, 2.24) is 19.4 Å². The van der Waals surface area contributed by atoms with Crippen LogP contribution < -0.4 is 5.56 Å². The summed E-state index contributed by atoms with van der Waals surface area (Å²) in [6, 6.07) is 22.6. The molecule has 0 radical (unpaired) electrons. The van der Waals surface area contributed by atoms with Crippen molar-refractivity contribution in [2.45, 2.75) is 70.1 Å². The number of hydrogen-bond donors (Lipinski definition) is 4. The Morgan fingerprint density at radius 1 is 0.812 bits per heavy atom. The molecule has 2 heterocycles. The van der Waals surface area contributed by atoms with Gasteiger partial charge < -0.3 is 34.6 Å². The summed E-state index contributed by atoms with van der Waals surface area (Å²) in [4.78, 5) is 67.4. The number of aliphatic hydroxyl groups is 2. The number of aryl methyl sites for hydroxylation is 2. The zero-order chi connectivity index (χ0) is 46.7. The number of ether oxygens (including phenoxy) is 1. The topological polar surface area (TPSA) is 200 Å². The summed E-state index contributed by atoms with van der Waals surface area (Å²) in [7, 11) is 0.